The van der Waals surface area contributed by atoms with Crippen LogP contribution in [0.1, 0.15) is 37.4 Å². The van der Waals surface area contributed by atoms with Crippen LogP contribution in [0.4, 0.5) is 10.1 Å². The van der Waals surface area contributed by atoms with Crippen LogP contribution < -0.4 is 10.6 Å². The summed E-state index contributed by atoms with van der Waals surface area (Å²) in [5.74, 6) is -1.24. The highest BCUT2D eigenvalue weighted by atomic mass is 32.2. The number of nitrogens with one attached hydrogen (secondary N) is 2. The summed E-state index contributed by atoms with van der Waals surface area (Å²) in [5, 5.41) is 5.49. The van der Waals surface area contributed by atoms with E-state index >= 15 is 0 Å². The molecule has 2 aromatic carbocycles. The lowest BCUT2D eigenvalue weighted by atomic mass is 10.0. The molecular weight excluding hydrogens is 419 g/mol. The van der Waals surface area contributed by atoms with E-state index in [0.717, 1.165) is 22.9 Å². The first-order valence-corrected chi connectivity index (χ1v) is 11.1. The molecule has 8 heteroatoms. The number of anilines is 1. The zero-order valence-electron chi connectivity index (χ0n) is 17.8. The second kappa shape index (κ2) is 12.1. The minimum Gasteiger partial charge on any atom is -0.463 e. The molecule has 0 spiro atoms. The van der Waals surface area contributed by atoms with Gasteiger partial charge in [0.25, 0.3) is 0 Å². The van der Waals surface area contributed by atoms with Gasteiger partial charge in [0.1, 0.15) is 5.82 Å². The van der Waals surface area contributed by atoms with Crippen molar-refractivity contribution in [3.8, 4) is 0 Å². The quantitative estimate of drug-likeness (QED) is 0.539. The van der Waals surface area contributed by atoms with Gasteiger partial charge in [-0.25, -0.2) is 4.39 Å². The Balaban J connectivity index is 1.87. The number of thioether (sulfide) groups is 1. The number of halogens is 1. The number of rotatable bonds is 10. The standard InChI is InChI=1S/C23H27FN2O4S/c1-15(2)30-23(29)12-20(17-6-4-16(3)5-7-17)26-22(28)14-31-13-21(27)25-19-10-8-18(24)9-11-19/h4-11,15,20H,12-14H2,1-3H3,(H,25,27)(H,26,28). The van der Waals surface area contributed by atoms with Gasteiger partial charge in [-0.15, -0.1) is 11.8 Å². The molecule has 0 aliphatic heterocycles. The van der Waals surface area contributed by atoms with Crippen LogP contribution >= 0.6 is 11.8 Å². The van der Waals surface area contributed by atoms with Gasteiger partial charge in [0.05, 0.1) is 30.1 Å². The van der Waals surface area contributed by atoms with Crippen molar-refractivity contribution in [2.24, 2.45) is 0 Å². The summed E-state index contributed by atoms with van der Waals surface area (Å²) in [6.07, 6.45) is -0.222. The van der Waals surface area contributed by atoms with Crippen molar-refractivity contribution in [2.75, 3.05) is 16.8 Å². The smallest absolute Gasteiger partial charge is 0.308 e. The van der Waals surface area contributed by atoms with Crippen LogP contribution in [0.5, 0.6) is 0 Å². The number of benzene rings is 2. The van der Waals surface area contributed by atoms with Crippen molar-refractivity contribution in [3.63, 3.8) is 0 Å². The Hall–Kier alpha value is -2.87. The summed E-state index contributed by atoms with van der Waals surface area (Å²) in [4.78, 5) is 36.5. The molecule has 0 saturated carbocycles. The Morgan fingerprint density at radius 1 is 0.968 bits per heavy atom. The van der Waals surface area contributed by atoms with Crippen molar-refractivity contribution in [3.05, 3.63) is 65.5 Å². The largest absolute Gasteiger partial charge is 0.463 e. The average Bonchev–Trinajstić information content (AvgIpc) is 2.69. The Kier molecular flexibility index (Phi) is 9.52. The molecule has 31 heavy (non-hydrogen) atoms. The van der Waals surface area contributed by atoms with E-state index in [1.165, 1.54) is 24.3 Å². The molecule has 0 heterocycles. The van der Waals surface area contributed by atoms with Gasteiger partial charge in [0.15, 0.2) is 0 Å². The minimum atomic E-state index is -0.520. The Morgan fingerprint density at radius 3 is 2.19 bits per heavy atom. The van der Waals surface area contributed by atoms with E-state index in [2.05, 4.69) is 10.6 Å². The first-order chi connectivity index (χ1) is 14.7. The molecule has 6 nitrogen and oxygen atoms in total. The van der Waals surface area contributed by atoms with Gasteiger partial charge in [-0.2, -0.15) is 0 Å². The molecule has 1 atom stereocenters. The number of carbonyl (C=O) groups is 3. The third-order valence-corrected chi connectivity index (χ3v) is 5.08. The molecule has 2 aromatic rings. The Bertz CT molecular complexity index is 885. The van der Waals surface area contributed by atoms with E-state index in [0.29, 0.717) is 5.69 Å². The second-order valence-electron chi connectivity index (χ2n) is 7.32. The van der Waals surface area contributed by atoms with Crippen molar-refractivity contribution >= 4 is 35.2 Å². The van der Waals surface area contributed by atoms with Gasteiger partial charge in [0.2, 0.25) is 11.8 Å². The van der Waals surface area contributed by atoms with E-state index in [1.54, 1.807) is 13.8 Å². The van der Waals surface area contributed by atoms with E-state index in [1.807, 2.05) is 31.2 Å². The van der Waals surface area contributed by atoms with Gasteiger partial charge in [-0.1, -0.05) is 29.8 Å². The lowest BCUT2D eigenvalue weighted by Gasteiger charge is -2.19. The summed E-state index contributed by atoms with van der Waals surface area (Å²) >= 11 is 1.15. The van der Waals surface area contributed by atoms with Crippen LogP contribution in [0.2, 0.25) is 0 Å². The van der Waals surface area contributed by atoms with Crippen LogP contribution in [0.3, 0.4) is 0 Å². The summed E-state index contributed by atoms with van der Waals surface area (Å²) in [5.41, 5.74) is 2.36. The van der Waals surface area contributed by atoms with Crippen LogP contribution in [0.25, 0.3) is 0 Å². The SMILES string of the molecule is Cc1ccc(C(CC(=O)OC(C)C)NC(=O)CSCC(=O)Nc2ccc(F)cc2)cc1. The fraction of sp³-hybridized carbons (Fsp3) is 0.348. The molecule has 0 bridgehead atoms. The van der Waals surface area contributed by atoms with Crippen molar-refractivity contribution in [1.82, 2.24) is 5.32 Å². The van der Waals surface area contributed by atoms with Gasteiger partial charge in [0, 0.05) is 5.69 Å². The number of hydrogen-bond acceptors (Lipinski definition) is 5. The molecule has 0 radical (unpaired) electrons. The number of esters is 1. The molecule has 0 aliphatic rings. The molecule has 0 aliphatic carbocycles. The van der Waals surface area contributed by atoms with Crippen molar-refractivity contribution < 1.29 is 23.5 Å². The molecular formula is C23H27FN2O4S. The van der Waals surface area contributed by atoms with E-state index in [-0.39, 0.29) is 41.7 Å². The van der Waals surface area contributed by atoms with Crippen molar-refractivity contribution in [1.29, 1.82) is 0 Å². The maximum atomic E-state index is 12.9. The summed E-state index contributed by atoms with van der Waals surface area (Å²) in [7, 11) is 0. The highest BCUT2D eigenvalue weighted by Gasteiger charge is 2.20. The highest BCUT2D eigenvalue weighted by Crippen LogP contribution is 2.19. The molecule has 2 amide bonds. The van der Waals surface area contributed by atoms with Gasteiger partial charge >= 0.3 is 5.97 Å². The predicted octanol–water partition coefficient (Wildman–Crippen LogP) is 4.01. The number of aryl methyl sites for hydroxylation is 1. The maximum absolute atomic E-state index is 12.9. The topological polar surface area (TPSA) is 84.5 Å². The lowest BCUT2D eigenvalue weighted by molar-refractivity contribution is -0.148. The third kappa shape index (κ3) is 9.21. The van der Waals surface area contributed by atoms with Crippen LogP contribution in [-0.4, -0.2) is 35.4 Å². The number of amides is 2. The lowest BCUT2D eigenvalue weighted by Crippen LogP contribution is -2.32. The molecule has 0 aromatic heterocycles. The zero-order valence-corrected chi connectivity index (χ0v) is 18.6. The maximum Gasteiger partial charge on any atom is 0.308 e. The highest BCUT2D eigenvalue weighted by molar-refractivity contribution is 8.00. The summed E-state index contributed by atoms with van der Waals surface area (Å²) in [6, 6.07) is 12.5. The first-order valence-electron chi connectivity index (χ1n) is 9.91. The summed E-state index contributed by atoms with van der Waals surface area (Å²) in [6.45, 7) is 5.49. The number of carbonyl (C=O) groups excluding carboxylic acids is 3. The summed E-state index contributed by atoms with van der Waals surface area (Å²) < 4.78 is 18.1. The van der Waals surface area contributed by atoms with E-state index in [9.17, 15) is 18.8 Å². The van der Waals surface area contributed by atoms with Crippen LogP contribution in [0.15, 0.2) is 48.5 Å². The molecule has 2 N–H and O–H groups in total. The normalized spacial score (nSPS) is 11.6. The number of hydrogen-bond donors (Lipinski definition) is 2. The molecule has 1 unspecified atom stereocenters. The average molecular weight is 447 g/mol. The molecule has 2 rings (SSSR count). The van der Waals surface area contributed by atoms with Crippen LogP contribution in [0, 0.1) is 12.7 Å². The van der Waals surface area contributed by atoms with Gasteiger partial charge in [-0.3, -0.25) is 14.4 Å². The van der Waals surface area contributed by atoms with Crippen LogP contribution in [-0.2, 0) is 19.1 Å². The Morgan fingerprint density at radius 2 is 1.58 bits per heavy atom. The number of ether oxygens (including phenoxy) is 1. The predicted molar refractivity (Wildman–Crippen MR) is 120 cm³/mol. The third-order valence-electron chi connectivity index (χ3n) is 4.15. The Labute approximate surface area is 185 Å². The van der Waals surface area contributed by atoms with Gasteiger partial charge in [-0.05, 0) is 50.6 Å². The van der Waals surface area contributed by atoms with E-state index in [4.69, 9.17) is 4.74 Å². The molecule has 0 fully saturated rings. The van der Waals surface area contributed by atoms with E-state index < -0.39 is 12.0 Å². The zero-order chi connectivity index (χ0) is 22.8. The fourth-order valence-corrected chi connectivity index (χ4v) is 3.36. The minimum absolute atomic E-state index is 0.0166. The van der Waals surface area contributed by atoms with Crippen molar-refractivity contribution in [2.45, 2.75) is 39.3 Å². The molecule has 166 valence electrons. The van der Waals surface area contributed by atoms with Gasteiger partial charge < -0.3 is 15.4 Å². The monoisotopic (exact) mass is 446 g/mol. The fourth-order valence-electron chi connectivity index (χ4n) is 2.73. The molecule has 0 saturated heterocycles. The second-order valence-corrected chi connectivity index (χ2v) is 8.31. The first kappa shape index (κ1) is 24.4.